The minimum atomic E-state index is -1.25. The Bertz CT molecular complexity index is 552. The third kappa shape index (κ3) is 7.50. The van der Waals surface area contributed by atoms with E-state index in [1.807, 2.05) is 18.2 Å². The molecule has 0 bridgehead atoms. The molecule has 0 amide bonds. The Morgan fingerprint density at radius 2 is 2.04 bits per heavy atom. The van der Waals surface area contributed by atoms with Gasteiger partial charge in [-0.15, -0.1) is 0 Å². The van der Waals surface area contributed by atoms with Crippen molar-refractivity contribution in [3.05, 3.63) is 39.7 Å². The normalized spacial score (nSPS) is 13.1. The Morgan fingerprint density at radius 3 is 2.65 bits per heavy atom. The maximum atomic E-state index is 11.3. The SMILES string of the molecule is CCOC(=O)C=COc1cc(CO[SiH](C)C(C)(C)C)ccc1I. The average molecular weight is 448 g/mol. The molecule has 0 aliphatic rings. The Balaban J connectivity index is 2.67. The molecule has 0 N–H and O–H groups in total. The summed E-state index contributed by atoms with van der Waals surface area (Å²) < 4.78 is 17.4. The minimum Gasteiger partial charge on any atom is -0.464 e. The molecule has 0 aromatic heterocycles. The monoisotopic (exact) mass is 448 g/mol. The molecule has 4 nitrogen and oxygen atoms in total. The molecule has 0 radical (unpaired) electrons. The van der Waals surface area contributed by atoms with Crippen molar-refractivity contribution < 1.29 is 18.7 Å². The van der Waals surface area contributed by atoms with Crippen molar-refractivity contribution >= 4 is 37.6 Å². The number of carbonyl (C=O) groups excluding carboxylic acids is 1. The predicted molar refractivity (Wildman–Crippen MR) is 103 cm³/mol. The Kier molecular flexibility index (Phi) is 8.28. The van der Waals surface area contributed by atoms with E-state index in [2.05, 4.69) is 49.9 Å². The maximum Gasteiger partial charge on any atom is 0.333 e. The Labute approximate surface area is 154 Å². The summed E-state index contributed by atoms with van der Waals surface area (Å²) in [7, 11) is -1.25. The van der Waals surface area contributed by atoms with Gasteiger partial charge in [0, 0.05) is 0 Å². The standard InChI is InChI=1S/C17H25IO4Si/c1-6-20-16(19)9-10-21-15-11-13(7-8-14(15)18)12-22-23(5)17(2,3)4/h7-11,23H,6,12H2,1-5H3. The van der Waals surface area contributed by atoms with E-state index < -0.39 is 15.0 Å². The summed E-state index contributed by atoms with van der Waals surface area (Å²) in [5.74, 6) is 0.296. The Hall–Kier alpha value is -0.863. The molecule has 1 atom stereocenters. The van der Waals surface area contributed by atoms with Crippen molar-refractivity contribution in [1.29, 1.82) is 0 Å². The molecular weight excluding hydrogens is 423 g/mol. The van der Waals surface area contributed by atoms with Crippen LogP contribution in [0.25, 0.3) is 0 Å². The number of benzene rings is 1. The summed E-state index contributed by atoms with van der Waals surface area (Å²) in [6.07, 6.45) is 2.63. The van der Waals surface area contributed by atoms with Crippen molar-refractivity contribution in [2.45, 2.75) is 45.9 Å². The first-order valence-corrected chi connectivity index (χ1v) is 10.9. The molecule has 23 heavy (non-hydrogen) atoms. The second-order valence-electron chi connectivity index (χ2n) is 6.26. The fourth-order valence-corrected chi connectivity index (χ4v) is 2.96. The molecule has 0 saturated heterocycles. The molecule has 6 heteroatoms. The van der Waals surface area contributed by atoms with E-state index >= 15 is 0 Å². The van der Waals surface area contributed by atoms with Crippen molar-refractivity contribution in [3.63, 3.8) is 0 Å². The number of hydrogen-bond acceptors (Lipinski definition) is 4. The van der Waals surface area contributed by atoms with Gasteiger partial charge in [0.1, 0.15) is 5.75 Å². The molecule has 0 saturated carbocycles. The number of ether oxygens (including phenoxy) is 2. The minimum absolute atomic E-state index is 0.241. The van der Waals surface area contributed by atoms with Crippen LogP contribution in [0.5, 0.6) is 5.75 Å². The van der Waals surface area contributed by atoms with Crippen LogP contribution in [0.2, 0.25) is 11.6 Å². The second-order valence-corrected chi connectivity index (χ2v) is 10.8. The predicted octanol–water partition coefficient (Wildman–Crippen LogP) is 4.42. The lowest BCUT2D eigenvalue weighted by Crippen LogP contribution is -2.25. The fourth-order valence-electron chi connectivity index (χ4n) is 1.55. The first-order chi connectivity index (χ1) is 10.7. The van der Waals surface area contributed by atoms with Gasteiger partial charge in [-0.1, -0.05) is 26.8 Å². The van der Waals surface area contributed by atoms with Crippen LogP contribution in [0, 0.1) is 3.57 Å². The highest BCUT2D eigenvalue weighted by atomic mass is 127. The third-order valence-electron chi connectivity index (χ3n) is 3.40. The van der Waals surface area contributed by atoms with Crippen molar-refractivity contribution in [2.24, 2.45) is 0 Å². The van der Waals surface area contributed by atoms with E-state index in [-0.39, 0.29) is 5.04 Å². The van der Waals surface area contributed by atoms with Crippen molar-refractivity contribution in [1.82, 2.24) is 0 Å². The zero-order chi connectivity index (χ0) is 17.5. The zero-order valence-corrected chi connectivity index (χ0v) is 17.7. The lowest BCUT2D eigenvalue weighted by molar-refractivity contribution is -0.137. The molecule has 0 heterocycles. The van der Waals surface area contributed by atoms with E-state index in [0.29, 0.717) is 19.0 Å². The van der Waals surface area contributed by atoms with E-state index in [9.17, 15) is 4.79 Å². The quantitative estimate of drug-likeness (QED) is 0.204. The van der Waals surface area contributed by atoms with Gasteiger partial charge in [-0.05, 0) is 58.8 Å². The van der Waals surface area contributed by atoms with Gasteiger partial charge < -0.3 is 13.9 Å². The summed E-state index contributed by atoms with van der Waals surface area (Å²) in [4.78, 5) is 11.3. The molecular formula is C17H25IO4Si. The number of esters is 1. The molecule has 128 valence electrons. The van der Waals surface area contributed by atoms with E-state index in [4.69, 9.17) is 13.9 Å². The molecule has 1 aromatic carbocycles. The van der Waals surface area contributed by atoms with Crippen LogP contribution < -0.4 is 4.74 Å². The highest BCUT2D eigenvalue weighted by molar-refractivity contribution is 14.1. The van der Waals surface area contributed by atoms with Gasteiger partial charge in [-0.25, -0.2) is 4.79 Å². The summed E-state index contributed by atoms with van der Waals surface area (Å²) >= 11 is 2.20. The molecule has 1 rings (SSSR count). The molecule has 1 unspecified atom stereocenters. The van der Waals surface area contributed by atoms with E-state index in [1.54, 1.807) is 6.92 Å². The van der Waals surface area contributed by atoms with E-state index in [0.717, 1.165) is 9.13 Å². The lowest BCUT2D eigenvalue weighted by atomic mass is 10.2. The zero-order valence-electron chi connectivity index (χ0n) is 14.4. The summed E-state index contributed by atoms with van der Waals surface area (Å²) in [5, 5.41) is 0.241. The van der Waals surface area contributed by atoms with Crippen LogP contribution in [0.3, 0.4) is 0 Å². The molecule has 0 aliphatic heterocycles. The van der Waals surface area contributed by atoms with Gasteiger partial charge in [-0.3, -0.25) is 0 Å². The maximum absolute atomic E-state index is 11.3. The average Bonchev–Trinajstić information content (AvgIpc) is 2.46. The van der Waals surface area contributed by atoms with Gasteiger partial charge in [0.15, 0.2) is 9.04 Å². The van der Waals surface area contributed by atoms with Gasteiger partial charge in [0.05, 0.1) is 29.1 Å². The van der Waals surface area contributed by atoms with Crippen LogP contribution in [-0.4, -0.2) is 21.6 Å². The topological polar surface area (TPSA) is 44.8 Å². The van der Waals surface area contributed by atoms with Crippen LogP contribution in [0.15, 0.2) is 30.5 Å². The second kappa shape index (κ2) is 9.44. The van der Waals surface area contributed by atoms with Crippen molar-refractivity contribution in [3.8, 4) is 5.75 Å². The molecule has 1 aromatic rings. The van der Waals surface area contributed by atoms with E-state index in [1.165, 1.54) is 12.3 Å². The first kappa shape index (κ1) is 20.2. The van der Waals surface area contributed by atoms with Crippen molar-refractivity contribution in [2.75, 3.05) is 6.61 Å². The largest absolute Gasteiger partial charge is 0.464 e. The number of hydrogen-bond donors (Lipinski definition) is 0. The van der Waals surface area contributed by atoms with Crippen LogP contribution in [-0.2, 0) is 20.6 Å². The highest BCUT2D eigenvalue weighted by Gasteiger charge is 2.22. The highest BCUT2D eigenvalue weighted by Crippen LogP contribution is 2.28. The van der Waals surface area contributed by atoms with Crippen LogP contribution >= 0.6 is 22.6 Å². The van der Waals surface area contributed by atoms with Gasteiger partial charge in [0.2, 0.25) is 0 Å². The summed E-state index contributed by atoms with van der Waals surface area (Å²) in [6.45, 7) is 11.6. The summed E-state index contributed by atoms with van der Waals surface area (Å²) in [6, 6.07) is 5.96. The fraction of sp³-hybridized carbons (Fsp3) is 0.471. The molecule has 0 spiro atoms. The number of halogens is 1. The lowest BCUT2D eigenvalue weighted by Gasteiger charge is -2.25. The van der Waals surface area contributed by atoms with Crippen LogP contribution in [0.4, 0.5) is 0 Å². The number of carbonyl (C=O) groups is 1. The Morgan fingerprint density at radius 1 is 1.35 bits per heavy atom. The van der Waals surface area contributed by atoms with Gasteiger partial charge in [-0.2, -0.15) is 0 Å². The molecule has 0 fully saturated rings. The summed E-state index contributed by atoms with van der Waals surface area (Å²) in [5.41, 5.74) is 1.06. The van der Waals surface area contributed by atoms with Crippen LogP contribution in [0.1, 0.15) is 33.3 Å². The van der Waals surface area contributed by atoms with Gasteiger partial charge in [0.25, 0.3) is 0 Å². The van der Waals surface area contributed by atoms with Gasteiger partial charge >= 0.3 is 5.97 Å². The molecule has 0 aliphatic carbocycles. The first-order valence-electron chi connectivity index (χ1n) is 7.64. The third-order valence-corrected chi connectivity index (χ3v) is 7.40. The number of rotatable bonds is 7. The smallest absolute Gasteiger partial charge is 0.333 e.